The second-order valence-electron chi connectivity index (χ2n) is 5.92. The van der Waals surface area contributed by atoms with Crippen molar-refractivity contribution in [2.45, 2.75) is 45.9 Å². The maximum Gasteiger partial charge on any atom is 0.0739 e. The minimum Gasteiger partial charge on any atom is -0.393 e. The average Bonchev–Trinajstić information content (AvgIpc) is 3.01. The molecule has 0 bridgehead atoms. The third-order valence-electron chi connectivity index (χ3n) is 4.72. The maximum atomic E-state index is 9.99. The van der Waals surface area contributed by atoms with Crippen LogP contribution in [-0.2, 0) is 13.1 Å². The van der Waals surface area contributed by atoms with Gasteiger partial charge in [0.2, 0.25) is 0 Å². The van der Waals surface area contributed by atoms with Gasteiger partial charge in [-0.15, -0.1) is 0 Å². The zero-order chi connectivity index (χ0) is 13.6. The molecule has 1 N–H and O–H groups in total. The topological polar surface area (TPSA) is 41.3 Å². The summed E-state index contributed by atoms with van der Waals surface area (Å²) in [5.41, 5.74) is 2.34. The molecule has 0 aromatic carbocycles. The van der Waals surface area contributed by atoms with E-state index in [2.05, 4.69) is 37.5 Å². The lowest BCUT2D eigenvalue weighted by Gasteiger charge is -2.18. The third kappa shape index (κ3) is 2.36. The number of hydrogen-bond acceptors (Lipinski definition) is 3. The Hall–Kier alpha value is -0.390. The van der Waals surface area contributed by atoms with Crippen molar-refractivity contribution < 1.29 is 5.11 Å². The number of likely N-dealkylation sites (tertiary alicyclic amines) is 1. The molecule has 106 valence electrons. The highest BCUT2D eigenvalue weighted by atomic mass is 79.9. The molecule has 3 unspecified atom stereocenters. The van der Waals surface area contributed by atoms with Crippen LogP contribution in [0, 0.1) is 18.8 Å². The van der Waals surface area contributed by atoms with Gasteiger partial charge in [-0.2, -0.15) is 5.10 Å². The van der Waals surface area contributed by atoms with Crippen molar-refractivity contribution in [2.24, 2.45) is 11.8 Å². The van der Waals surface area contributed by atoms with E-state index in [9.17, 15) is 5.11 Å². The number of aliphatic hydroxyl groups is 1. The summed E-state index contributed by atoms with van der Waals surface area (Å²) in [4.78, 5) is 2.48. The van der Waals surface area contributed by atoms with E-state index in [1.54, 1.807) is 0 Å². The minimum absolute atomic E-state index is 0.0729. The Morgan fingerprint density at radius 3 is 2.84 bits per heavy atom. The molecule has 2 fully saturated rings. The van der Waals surface area contributed by atoms with E-state index in [4.69, 9.17) is 0 Å². The fourth-order valence-corrected chi connectivity index (χ4v) is 4.10. The van der Waals surface area contributed by atoms with E-state index in [1.165, 1.54) is 12.1 Å². The van der Waals surface area contributed by atoms with Gasteiger partial charge in [0.05, 0.1) is 22.0 Å². The van der Waals surface area contributed by atoms with Crippen LogP contribution in [0.5, 0.6) is 0 Å². The van der Waals surface area contributed by atoms with E-state index >= 15 is 0 Å². The van der Waals surface area contributed by atoms with Crippen LogP contribution in [0.15, 0.2) is 4.47 Å². The second-order valence-corrected chi connectivity index (χ2v) is 6.72. The number of rotatable bonds is 3. The number of fused-ring (bicyclic) bond motifs is 1. The van der Waals surface area contributed by atoms with Crippen molar-refractivity contribution >= 4 is 15.9 Å². The molecular formula is C14H22BrN3O. The van der Waals surface area contributed by atoms with Gasteiger partial charge in [-0.05, 0) is 48.5 Å². The molecule has 1 saturated heterocycles. The second kappa shape index (κ2) is 5.19. The van der Waals surface area contributed by atoms with Crippen LogP contribution in [0.3, 0.4) is 0 Å². The predicted octanol–water partition coefficient (Wildman–Crippen LogP) is 2.18. The first-order chi connectivity index (χ1) is 9.10. The molecule has 0 spiro atoms. The Kier molecular flexibility index (Phi) is 3.71. The number of aromatic nitrogens is 2. The molecule has 1 aromatic heterocycles. The van der Waals surface area contributed by atoms with Crippen molar-refractivity contribution in [3.8, 4) is 0 Å². The molecule has 1 saturated carbocycles. The van der Waals surface area contributed by atoms with Gasteiger partial charge in [0.15, 0.2) is 0 Å². The molecule has 0 amide bonds. The summed E-state index contributed by atoms with van der Waals surface area (Å²) >= 11 is 3.66. The molecule has 4 nitrogen and oxygen atoms in total. The molecular weight excluding hydrogens is 306 g/mol. The highest BCUT2D eigenvalue weighted by molar-refractivity contribution is 9.10. The standard InChI is InChI=1S/C14H22BrN3O/c1-3-18-12(14(15)9(2)16-18)8-17-6-10-4-5-13(19)11(10)7-17/h10-11,13,19H,3-8H2,1-2H3. The summed E-state index contributed by atoms with van der Waals surface area (Å²) < 4.78 is 3.23. The fourth-order valence-electron chi connectivity index (χ4n) is 3.69. The minimum atomic E-state index is -0.0729. The Balaban J connectivity index is 1.73. The Labute approximate surface area is 122 Å². The van der Waals surface area contributed by atoms with E-state index < -0.39 is 0 Å². The zero-order valence-corrected chi connectivity index (χ0v) is 13.2. The molecule has 1 aliphatic carbocycles. The van der Waals surface area contributed by atoms with Gasteiger partial charge in [-0.3, -0.25) is 9.58 Å². The smallest absolute Gasteiger partial charge is 0.0739 e. The Morgan fingerprint density at radius 2 is 2.16 bits per heavy atom. The first kappa shape index (κ1) is 13.6. The molecule has 1 aromatic rings. The van der Waals surface area contributed by atoms with Crippen molar-refractivity contribution in [1.29, 1.82) is 0 Å². The number of aryl methyl sites for hydroxylation is 2. The first-order valence-electron chi connectivity index (χ1n) is 7.22. The van der Waals surface area contributed by atoms with Crippen molar-refractivity contribution in [2.75, 3.05) is 13.1 Å². The quantitative estimate of drug-likeness (QED) is 0.925. The highest BCUT2D eigenvalue weighted by Gasteiger charge is 2.41. The van der Waals surface area contributed by atoms with E-state index in [0.717, 1.165) is 42.8 Å². The molecule has 19 heavy (non-hydrogen) atoms. The maximum absolute atomic E-state index is 9.99. The highest BCUT2D eigenvalue weighted by Crippen LogP contribution is 2.39. The summed E-state index contributed by atoms with van der Waals surface area (Å²) in [6, 6.07) is 0. The first-order valence-corrected chi connectivity index (χ1v) is 8.01. The molecule has 2 heterocycles. The van der Waals surface area contributed by atoms with Crippen LogP contribution in [0.4, 0.5) is 0 Å². The van der Waals surface area contributed by atoms with Crippen LogP contribution in [0.25, 0.3) is 0 Å². The summed E-state index contributed by atoms with van der Waals surface area (Å²) in [5.74, 6) is 1.20. The summed E-state index contributed by atoms with van der Waals surface area (Å²) in [5, 5.41) is 14.5. The number of halogens is 1. The van der Waals surface area contributed by atoms with Gasteiger partial charge in [0.1, 0.15) is 0 Å². The van der Waals surface area contributed by atoms with Gasteiger partial charge < -0.3 is 5.11 Å². The summed E-state index contributed by atoms with van der Waals surface area (Å²) in [7, 11) is 0. The molecule has 3 atom stereocenters. The Bertz CT molecular complexity index is 474. The lowest BCUT2D eigenvalue weighted by molar-refractivity contribution is 0.123. The fraction of sp³-hybridized carbons (Fsp3) is 0.786. The molecule has 1 aliphatic heterocycles. The Morgan fingerprint density at radius 1 is 1.37 bits per heavy atom. The van der Waals surface area contributed by atoms with Gasteiger partial charge in [0, 0.05) is 32.1 Å². The average molecular weight is 328 g/mol. The molecule has 3 rings (SSSR count). The number of nitrogens with zero attached hydrogens (tertiary/aromatic N) is 3. The lowest BCUT2D eigenvalue weighted by atomic mass is 10.00. The number of hydrogen-bond donors (Lipinski definition) is 1. The van der Waals surface area contributed by atoms with Crippen LogP contribution in [-0.4, -0.2) is 39.0 Å². The van der Waals surface area contributed by atoms with Crippen LogP contribution in [0.2, 0.25) is 0 Å². The lowest BCUT2D eigenvalue weighted by Crippen LogP contribution is -2.25. The summed E-state index contributed by atoms with van der Waals surface area (Å²) in [6.45, 7) is 8.18. The zero-order valence-electron chi connectivity index (χ0n) is 11.6. The van der Waals surface area contributed by atoms with E-state index in [1.807, 2.05) is 6.92 Å². The van der Waals surface area contributed by atoms with Crippen molar-refractivity contribution in [3.63, 3.8) is 0 Å². The SMILES string of the molecule is CCn1nc(C)c(Br)c1CN1CC2CCC(O)C2C1. The summed E-state index contributed by atoms with van der Waals surface area (Å²) in [6.07, 6.45) is 2.12. The van der Waals surface area contributed by atoms with E-state index in [0.29, 0.717) is 11.8 Å². The van der Waals surface area contributed by atoms with Crippen molar-refractivity contribution in [1.82, 2.24) is 14.7 Å². The monoisotopic (exact) mass is 327 g/mol. The van der Waals surface area contributed by atoms with Gasteiger partial charge in [-0.25, -0.2) is 0 Å². The van der Waals surface area contributed by atoms with Gasteiger partial charge in [-0.1, -0.05) is 0 Å². The van der Waals surface area contributed by atoms with Crippen molar-refractivity contribution in [3.05, 3.63) is 15.9 Å². The molecule has 0 radical (unpaired) electrons. The van der Waals surface area contributed by atoms with Crippen LogP contribution >= 0.6 is 15.9 Å². The normalized spacial score (nSPS) is 31.1. The van der Waals surface area contributed by atoms with Gasteiger partial charge >= 0.3 is 0 Å². The van der Waals surface area contributed by atoms with Crippen LogP contribution in [0.1, 0.15) is 31.2 Å². The largest absolute Gasteiger partial charge is 0.393 e. The van der Waals surface area contributed by atoms with E-state index in [-0.39, 0.29) is 6.10 Å². The third-order valence-corrected chi connectivity index (χ3v) is 5.75. The van der Waals surface area contributed by atoms with Crippen LogP contribution < -0.4 is 0 Å². The van der Waals surface area contributed by atoms with Gasteiger partial charge in [0.25, 0.3) is 0 Å². The number of aliphatic hydroxyl groups excluding tert-OH is 1. The molecule has 5 heteroatoms. The molecule has 2 aliphatic rings. The predicted molar refractivity (Wildman–Crippen MR) is 77.8 cm³/mol.